The molecule has 0 saturated carbocycles. The van der Waals surface area contributed by atoms with Gasteiger partial charge in [-0.2, -0.15) is 0 Å². The first-order valence-electron chi connectivity index (χ1n) is 5.58. The molecule has 0 radical (unpaired) electrons. The van der Waals surface area contributed by atoms with E-state index in [2.05, 4.69) is 9.97 Å². The molecule has 2 N–H and O–H groups in total. The summed E-state index contributed by atoms with van der Waals surface area (Å²) in [5.41, 5.74) is 6.40. The molecule has 0 atom stereocenters. The molecule has 0 amide bonds. The van der Waals surface area contributed by atoms with Crippen LogP contribution in [-0.2, 0) is 6.42 Å². The first-order chi connectivity index (χ1) is 7.95. The van der Waals surface area contributed by atoms with Gasteiger partial charge in [-0.1, -0.05) is 6.92 Å². The van der Waals surface area contributed by atoms with Crippen molar-refractivity contribution in [2.75, 3.05) is 24.2 Å². The van der Waals surface area contributed by atoms with Crippen LogP contribution in [0, 0.1) is 6.92 Å². The van der Waals surface area contributed by atoms with Crippen LogP contribution in [0.3, 0.4) is 0 Å². The van der Waals surface area contributed by atoms with Crippen molar-refractivity contribution in [2.45, 2.75) is 33.1 Å². The second kappa shape index (κ2) is 5.75. The molecule has 0 spiro atoms. The van der Waals surface area contributed by atoms with E-state index in [-0.39, 0.29) is 6.54 Å². The Bertz CT molecular complexity index is 382. The molecule has 0 saturated heterocycles. The summed E-state index contributed by atoms with van der Waals surface area (Å²) in [7, 11) is 1.58. The van der Waals surface area contributed by atoms with Crippen LogP contribution in [0.4, 0.5) is 20.4 Å². The highest BCUT2D eigenvalue weighted by atomic mass is 19.3. The zero-order valence-electron chi connectivity index (χ0n) is 10.4. The number of nitrogens with zero attached hydrogens (tertiary/aromatic N) is 3. The smallest absolute Gasteiger partial charge is 0.255 e. The lowest BCUT2D eigenvalue weighted by Gasteiger charge is -2.20. The van der Waals surface area contributed by atoms with Crippen LogP contribution in [-0.4, -0.2) is 30.0 Å². The normalized spacial score (nSPS) is 10.9. The predicted molar refractivity (Wildman–Crippen MR) is 64.5 cm³/mol. The molecule has 1 aromatic heterocycles. The van der Waals surface area contributed by atoms with Gasteiger partial charge in [-0.3, -0.25) is 0 Å². The molecule has 0 aliphatic heterocycles. The van der Waals surface area contributed by atoms with Gasteiger partial charge in [-0.05, 0) is 13.3 Å². The molecule has 4 nitrogen and oxygen atoms in total. The maximum Gasteiger partial charge on any atom is 0.255 e. The molecule has 0 fully saturated rings. The Balaban J connectivity index is 3.04. The van der Waals surface area contributed by atoms with Gasteiger partial charge in [-0.25, -0.2) is 18.7 Å². The highest BCUT2D eigenvalue weighted by Crippen LogP contribution is 2.21. The van der Waals surface area contributed by atoms with Gasteiger partial charge in [0.1, 0.15) is 17.5 Å². The Hall–Kier alpha value is -1.46. The Labute approximate surface area is 99.9 Å². The van der Waals surface area contributed by atoms with Gasteiger partial charge in [0.05, 0.1) is 6.54 Å². The number of anilines is 2. The van der Waals surface area contributed by atoms with E-state index in [0.29, 0.717) is 29.4 Å². The summed E-state index contributed by atoms with van der Waals surface area (Å²) in [5.74, 6) is 1.45. The van der Waals surface area contributed by atoms with Crippen LogP contribution in [0.1, 0.15) is 24.7 Å². The first-order valence-corrected chi connectivity index (χ1v) is 5.58. The zero-order chi connectivity index (χ0) is 13.0. The minimum absolute atomic E-state index is 0.358. The number of hydrogen-bond donors (Lipinski definition) is 1. The van der Waals surface area contributed by atoms with Gasteiger partial charge in [0.25, 0.3) is 6.43 Å². The minimum Gasteiger partial charge on any atom is -0.383 e. The molecule has 0 unspecified atom stereocenters. The van der Waals surface area contributed by atoms with E-state index in [9.17, 15) is 8.78 Å². The molecule has 0 aliphatic carbocycles. The quantitative estimate of drug-likeness (QED) is 0.861. The van der Waals surface area contributed by atoms with Crippen molar-refractivity contribution in [1.82, 2.24) is 9.97 Å². The number of hydrogen-bond acceptors (Lipinski definition) is 4. The molecule has 0 aliphatic rings. The standard InChI is InChI=1S/C11H18F2N4/c1-4-5-9-15-10(14)7(2)11(16-9)17(3)6-8(12)13/h8H,4-6H2,1-3H3,(H2,14,15,16). The highest BCUT2D eigenvalue weighted by Gasteiger charge is 2.15. The number of nitrogens with two attached hydrogens (primary N) is 1. The SMILES string of the molecule is CCCc1nc(N)c(C)c(N(C)CC(F)F)n1. The first kappa shape index (κ1) is 13.6. The van der Waals surface area contributed by atoms with Gasteiger partial charge in [0.2, 0.25) is 0 Å². The van der Waals surface area contributed by atoms with Crippen molar-refractivity contribution in [1.29, 1.82) is 0 Å². The number of halogens is 2. The number of rotatable bonds is 5. The predicted octanol–water partition coefficient (Wildman–Crippen LogP) is 2.02. The van der Waals surface area contributed by atoms with Crippen LogP contribution in [0.15, 0.2) is 0 Å². The van der Waals surface area contributed by atoms with E-state index in [1.54, 1.807) is 14.0 Å². The molecular weight excluding hydrogens is 226 g/mol. The van der Waals surface area contributed by atoms with Crippen molar-refractivity contribution >= 4 is 11.6 Å². The third-order valence-electron chi connectivity index (χ3n) is 2.45. The lowest BCUT2D eigenvalue weighted by atomic mass is 10.2. The lowest BCUT2D eigenvalue weighted by Crippen LogP contribution is -2.26. The second-order valence-corrected chi connectivity index (χ2v) is 4.00. The van der Waals surface area contributed by atoms with Gasteiger partial charge in [0, 0.05) is 19.0 Å². The number of nitrogen functional groups attached to an aromatic ring is 1. The highest BCUT2D eigenvalue weighted by molar-refractivity contribution is 5.56. The Kier molecular flexibility index (Phi) is 4.60. The van der Waals surface area contributed by atoms with Crippen LogP contribution < -0.4 is 10.6 Å². The fourth-order valence-corrected chi connectivity index (χ4v) is 1.57. The Morgan fingerprint density at radius 1 is 1.35 bits per heavy atom. The van der Waals surface area contributed by atoms with Gasteiger partial charge in [0.15, 0.2) is 0 Å². The monoisotopic (exact) mass is 244 g/mol. The molecule has 0 aromatic carbocycles. The molecule has 17 heavy (non-hydrogen) atoms. The molecular formula is C11H18F2N4. The summed E-state index contributed by atoms with van der Waals surface area (Å²) < 4.78 is 24.7. The van der Waals surface area contributed by atoms with Crippen molar-refractivity contribution in [2.24, 2.45) is 0 Å². The van der Waals surface area contributed by atoms with Crippen LogP contribution in [0.25, 0.3) is 0 Å². The molecule has 96 valence electrons. The van der Waals surface area contributed by atoms with Crippen molar-refractivity contribution in [3.63, 3.8) is 0 Å². The molecule has 1 aromatic rings. The fourth-order valence-electron chi connectivity index (χ4n) is 1.57. The van der Waals surface area contributed by atoms with Gasteiger partial charge >= 0.3 is 0 Å². The van der Waals surface area contributed by atoms with E-state index >= 15 is 0 Å². The number of aromatic nitrogens is 2. The van der Waals surface area contributed by atoms with Gasteiger partial charge in [-0.15, -0.1) is 0 Å². The summed E-state index contributed by atoms with van der Waals surface area (Å²) in [5, 5.41) is 0. The second-order valence-electron chi connectivity index (χ2n) is 4.00. The maximum absolute atomic E-state index is 12.3. The number of alkyl halides is 2. The largest absolute Gasteiger partial charge is 0.383 e. The van der Waals surface area contributed by atoms with Crippen molar-refractivity contribution in [3.8, 4) is 0 Å². The van der Waals surface area contributed by atoms with E-state index < -0.39 is 6.43 Å². The van der Waals surface area contributed by atoms with Gasteiger partial charge < -0.3 is 10.6 Å². The average molecular weight is 244 g/mol. The Morgan fingerprint density at radius 3 is 2.53 bits per heavy atom. The van der Waals surface area contributed by atoms with Crippen LogP contribution >= 0.6 is 0 Å². The van der Waals surface area contributed by atoms with E-state index in [1.807, 2.05) is 6.92 Å². The maximum atomic E-state index is 12.3. The minimum atomic E-state index is -2.40. The van der Waals surface area contributed by atoms with Crippen molar-refractivity contribution < 1.29 is 8.78 Å². The van der Waals surface area contributed by atoms with Crippen molar-refractivity contribution in [3.05, 3.63) is 11.4 Å². The molecule has 0 bridgehead atoms. The summed E-state index contributed by atoms with van der Waals surface area (Å²) >= 11 is 0. The lowest BCUT2D eigenvalue weighted by molar-refractivity contribution is 0.156. The summed E-state index contributed by atoms with van der Waals surface area (Å²) in [6.07, 6.45) is -0.814. The topological polar surface area (TPSA) is 55.0 Å². The molecule has 1 rings (SSSR count). The zero-order valence-corrected chi connectivity index (χ0v) is 10.4. The third-order valence-corrected chi connectivity index (χ3v) is 2.45. The Morgan fingerprint density at radius 2 is 2.00 bits per heavy atom. The van der Waals surface area contributed by atoms with E-state index in [1.165, 1.54) is 4.90 Å². The molecule has 6 heteroatoms. The summed E-state index contributed by atoms with van der Waals surface area (Å²) in [6.45, 7) is 3.38. The molecule has 1 heterocycles. The number of aryl methyl sites for hydroxylation is 1. The van der Waals surface area contributed by atoms with E-state index in [0.717, 1.165) is 6.42 Å². The third kappa shape index (κ3) is 3.51. The van der Waals surface area contributed by atoms with E-state index in [4.69, 9.17) is 5.73 Å². The fraction of sp³-hybridized carbons (Fsp3) is 0.636. The average Bonchev–Trinajstić information content (AvgIpc) is 2.22. The van der Waals surface area contributed by atoms with Crippen LogP contribution in [0.2, 0.25) is 0 Å². The summed E-state index contributed by atoms with van der Waals surface area (Å²) in [4.78, 5) is 9.83. The van der Waals surface area contributed by atoms with Crippen LogP contribution in [0.5, 0.6) is 0 Å². The summed E-state index contributed by atoms with van der Waals surface area (Å²) in [6, 6.07) is 0.